The van der Waals surface area contributed by atoms with Crippen molar-refractivity contribution in [3.8, 4) is 0 Å². The molecular formula is C9H11ClN4O2. The van der Waals surface area contributed by atoms with Gasteiger partial charge in [-0.15, -0.1) is 0 Å². The van der Waals surface area contributed by atoms with E-state index in [1.165, 1.54) is 0 Å². The van der Waals surface area contributed by atoms with Gasteiger partial charge in [0.15, 0.2) is 5.03 Å². The Bertz CT molecular complexity index is 404. The molecule has 0 unspecified atom stereocenters. The fourth-order valence-corrected chi connectivity index (χ4v) is 1.28. The van der Waals surface area contributed by atoms with Crippen LogP contribution < -0.4 is 10.2 Å². The highest BCUT2D eigenvalue weighted by Crippen LogP contribution is 2.16. The Labute approximate surface area is 97.7 Å². The molecule has 0 aliphatic heterocycles. The fraction of sp³-hybridized carbons (Fsp3) is 0.222. The summed E-state index contributed by atoms with van der Waals surface area (Å²) in [6.07, 6.45) is 0. The summed E-state index contributed by atoms with van der Waals surface area (Å²) in [6.45, 7) is 0. The van der Waals surface area contributed by atoms with Gasteiger partial charge in [-0.1, -0.05) is 11.6 Å². The topological polar surface area (TPSA) is 70.8 Å². The van der Waals surface area contributed by atoms with E-state index in [2.05, 4.69) is 10.4 Å². The first-order chi connectivity index (χ1) is 7.54. The second-order valence-electron chi connectivity index (χ2n) is 2.95. The van der Waals surface area contributed by atoms with Crippen molar-refractivity contribution in [3.05, 3.63) is 39.4 Å². The molecule has 0 aliphatic rings. The van der Waals surface area contributed by atoms with Crippen molar-refractivity contribution in [3.63, 3.8) is 0 Å². The largest absolute Gasteiger partial charge is 0.354 e. The summed E-state index contributed by atoms with van der Waals surface area (Å²) >= 11 is 5.74. The van der Waals surface area contributed by atoms with Crippen LogP contribution in [-0.2, 0) is 0 Å². The number of guanidine groups is 1. The molecule has 0 aromatic heterocycles. The van der Waals surface area contributed by atoms with E-state index < -0.39 is 5.03 Å². The summed E-state index contributed by atoms with van der Waals surface area (Å²) in [5, 5.41) is 16.0. The highest BCUT2D eigenvalue weighted by molar-refractivity contribution is 6.30. The van der Waals surface area contributed by atoms with Crippen molar-refractivity contribution < 1.29 is 5.03 Å². The third-order valence-electron chi connectivity index (χ3n) is 1.93. The molecule has 86 valence electrons. The summed E-state index contributed by atoms with van der Waals surface area (Å²) in [7, 11) is 3.23. The van der Waals surface area contributed by atoms with E-state index >= 15 is 0 Å². The molecule has 0 spiro atoms. The number of nitrogens with one attached hydrogen (secondary N) is 1. The van der Waals surface area contributed by atoms with E-state index in [0.29, 0.717) is 5.02 Å². The minimum Gasteiger partial charge on any atom is -0.354 e. The highest BCUT2D eigenvalue weighted by Gasteiger charge is 2.10. The van der Waals surface area contributed by atoms with E-state index in [9.17, 15) is 10.1 Å². The molecular weight excluding hydrogens is 232 g/mol. The first-order valence-electron chi connectivity index (χ1n) is 4.44. The van der Waals surface area contributed by atoms with Gasteiger partial charge in [0.2, 0.25) is 0 Å². The second kappa shape index (κ2) is 5.32. The van der Waals surface area contributed by atoms with Crippen molar-refractivity contribution in [1.82, 2.24) is 5.32 Å². The number of nitro groups is 1. The van der Waals surface area contributed by atoms with Gasteiger partial charge in [0, 0.05) is 24.8 Å². The number of benzene rings is 1. The minimum absolute atomic E-state index is 0.146. The molecule has 0 aliphatic carbocycles. The third kappa shape index (κ3) is 3.09. The van der Waals surface area contributed by atoms with Crippen molar-refractivity contribution in [2.75, 3.05) is 19.0 Å². The van der Waals surface area contributed by atoms with E-state index in [4.69, 9.17) is 11.6 Å². The van der Waals surface area contributed by atoms with E-state index in [0.717, 1.165) is 5.69 Å². The fourth-order valence-electron chi connectivity index (χ4n) is 1.15. The van der Waals surface area contributed by atoms with Crippen molar-refractivity contribution in [2.24, 2.45) is 5.10 Å². The molecule has 16 heavy (non-hydrogen) atoms. The predicted octanol–water partition coefficient (Wildman–Crippen LogP) is 1.54. The zero-order valence-corrected chi connectivity index (χ0v) is 9.60. The Morgan fingerprint density at radius 2 is 2.06 bits per heavy atom. The lowest BCUT2D eigenvalue weighted by Crippen LogP contribution is -2.37. The van der Waals surface area contributed by atoms with Crippen molar-refractivity contribution in [2.45, 2.75) is 0 Å². The SMILES string of the molecule is CNC(=N[N+](=O)[O-])N(C)c1ccc(Cl)cc1. The van der Waals surface area contributed by atoms with E-state index in [-0.39, 0.29) is 5.96 Å². The Hall–Kier alpha value is -1.82. The summed E-state index contributed by atoms with van der Waals surface area (Å²) in [5.74, 6) is 0.146. The molecule has 6 nitrogen and oxygen atoms in total. The Morgan fingerprint density at radius 1 is 1.50 bits per heavy atom. The number of hydrogen-bond donors (Lipinski definition) is 1. The van der Waals surface area contributed by atoms with Crippen LogP contribution in [0.4, 0.5) is 5.69 Å². The van der Waals surface area contributed by atoms with Gasteiger partial charge in [0.05, 0.1) is 0 Å². The lowest BCUT2D eigenvalue weighted by Gasteiger charge is -2.18. The molecule has 1 rings (SSSR count). The van der Waals surface area contributed by atoms with Gasteiger partial charge >= 0.3 is 0 Å². The van der Waals surface area contributed by atoms with Crippen LogP contribution in [0, 0.1) is 10.1 Å². The highest BCUT2D eigenvalue weighted by atomic mass is 35.5. The maximum absolute atomic E-state index is 10.3. The molecule has 0 fully saturated rings. The van der Waals surface area contributed by atoms with Crippen LogP contribution in [0.5, 0.6) is 0 Å². The molecule has 1 aromatic carbocycles. The first-order valence-corrected chi connectivity index (χ1v) is 4.82. The van der Waals surface area contributed by atoms with Crippen molar-refractivity contribution in [1.29, 1.82) is 0 Å². The molecule has 0 bridgehead atoms. The van der Waals surface area contributed by atoms with Gasteiger partial charge in [-0.2, -0.15) is 0 Å². The molecule has 1 N–H and O–H groups in total. The zero-order valence-electron chi connectivity index (χ0n) is 8.85. The van der Waals surface area contributed by atoms with Crippen LogP contribution in [0.25, 0.3) is 0 Å². The van der Waals surface area contributed by atoms with Gasteiger partial charge in [-0.25, -0.2) is 10.1 Å². The molecule has 0 atom stereocenters. The van der Waals surface area contributed by atoms with Gasteiger partial charge in [-0.05, 0) is 24.3 Å². The number of hydrazone groups is 1. The van der Waals surface area contributed by atoms with Crippen LogP contribution in [0.3, 0.4) is 0 Å². The molecule has 7 heteroatoms. The number of nitrogens with zero attached hydrogens (tertiary/aromatic N) is 3. The molecule has 0 amide bonds. The quantitative estimate of drug-likeness (QED) is 0.370. The summed E-state index contributed by atoms with van der Waals surface area (Å²) in [6, 6.07) is 6.89. The standard InChI is InChI=1S/C9H11ClN4O2/c1-11-9(12-14(15)16)13(2)8-5-3-7(10)4-6-8/h3-6H,1-2H3,(H,11,12). The Morgan fingerprint density at radius 3 is 2.50 bits per heavy atom. The number of halogens is 1. The van der Waals surface area contributed by atoms with Gasteiger partial charge in [0.25, 0.3) is 5.96 Å². The van der Waals surface area contributed by atoms with Gasteiger partial charge < -0.3 is 10.2 Å². The molecule has 0 radical (unpaired) electrons. The molecule has 1 aromatic rings. The van der Waals surface area contributed by atoms with Gasteiger partial charge in [-0.3, -0.25) is 0 Å². The van der Waals surface area contributed by atoms with Crippen LogP contribution in [0.2, 0.25) is 5.02 Å². The first kappa shape index (κ1) is 12.3. The summed E-state index contributed by atoms with van der Waals surface area (Å²) in [5.41, 5.74) is 0.749. The minimum atomic E-state index is -0.752. The lowest BCUT2D eigenvalue weighted by molar-refractivity contribution is -0.485. The average molecular weight is 243 g/mol. The summed E-state index contributed by atoms with van der Waals surface area (Å²) in [4.78, 5) is 11.8. The predicted molar refractivity (Wildman–Crippen MR) is 63.3 cm³/mol. The number of anilines is 1. The smallest absolute Gasteiger partial charge is 0.275 e. The number of rotatable bonds is 2. The molecule has 0 heterocycles. The second-order valence-corrected chi connectivity index (χ2v) is 3.38. The Kier molecular flexibility index (Phi) is 4.07. The maximum atomic E-state index is 10.3. The van der Waals surface area contributed by atoms with Crippen molar-refractivity contribution >= 4 is 23.2 Å². The maximum Gasteiger partial charge on any atom is 0.275 e. The van der Waals surface area contributed by atoms with Crippen LogP contribution in [-0.4, -0.2) is 25.1 Å². The lowest BCUT2D eigenvalue weighted by atomic mass is 10.3. The average Bonchev–Trinajstić information content (AvgIpc) is 2.25. The molecule has 0 saturated heterocycles. The Balaban J connectivity index is 2.95. The van der Waals surface area contributed by atoms with Gasteiger partial charge in [0.1, 0.15) is 5.10 Å². The monoisotopic (exact) mass is 242 g/mol. The van der Waals surface area contributed by atoms with Crippen LogP contribution in [0.15, 0.2) is 29.4 Å². The summed E-state index contributed by atoms with van der Waals surface area (Å²) < 4.78 is 0. The number of hydrogen-bond acceptors (Lipinski definition) is 2. The van der Waals surface area contributed by atoms with E-state index in [1.807, 2.05) is 0 Å². The third-order valence-corrected chi connectivity index (χ3v) is 2.18. The molecule has 0 saturated carbocycles. The van der Waals surface area contributed by atoms with E-state index in [1.54, 1.807) is 43.3 Å². The zero-order chi connectivity index (χ0) is 12.1. The van der Waals surface area contributed by atoms with Crippen LogP contribution >= 0.6 is 11.6 Å². The normalized spacial score (nSPS) is 11.1. The van der Waals surface area contributed by atoms with Crippen LogP contribution in [0.1, 0.15) is 0 Å².